The van der Waals surface area contributed by atoms with Crippen LogP contribution in [0, 0.1) is 0 Å². The lowest BCUT2D eigenvalue weighted by atomic mass is 10.5. The van der Waals surface area contributed by atoms with Crippen LogP contribution in [-0.2, 0) is 4.79 Å². The summed E-state index contributed by atoms with van der Waals surface area (Å²) in [5.41, 5.74) is 4.62. The van der Waals surface area contributed by atoms with Crippen molar-refractivity contribution in [3.8, 4) is 0 Å². The Morgan fingerprint density at radius 3 is 1.89 bits per heavy atom. The Morgan fingerprint density at radius 2 is 1.89 bits per heavy atom. The normalized spacial score (nSPS) is 9.44. The van der Waals surface area contributed by atoms with E-state index in [1.54, 1.807) is 0 Å². The average Bonchev–Trinajstić information content (AvgIpc) is 1.68. The van der Waals surface area contributed by atoms with Gasteiger partial charge in [0.25, 0.3) is 0 Å². The smallest absolute Gasteiger partial charge is 0.244 e. The van der Waals surface area contributed by atoms with Gasteiger partial charge in [0.1, 0.15) is 0 Å². The highest BCUT2D eigenvalue weighted by Gasteiger charge is 1.83. The zero-order chi connectivity index (χ0) is 7.86. The second-order valence-corrected chi connectivity index (χ2v) is 1.19. The molecule has 0 aliphatic heterocycles. The van der Waals surface area contributed by atoms with Crippen molar-refractivity contribution < 1.29 is 9.90 Å². The van der Waals surface area contributed by atoms with Gasteiger partial charge in [-0.3, -0.25) is 4.79 Å². The summed E-state index contributed by atoms with van der Waals surface area (Å²) < 4.78 is 0. The summed E-state index contributed by atoms with van der Waals surface area (Å²) in [6.45, 7) is 5.38. The minimum absolute atomic E-state index is 0.0625. The summed E-state index contributed by atoms with van der Waals surface area (Å²) in [6, 6.07) is 0. The van der Waals surface area contributed by atoms with E-state index in [0.717, 1.165) is 6.08 Å². The molecular formula is C6H13NO2. The van der Waals surface area contributed by atoms with Crippen LogP contribution in [0.25, 0.3) is 0 Å². The Bertz CT molecular complexity index is 104. The van der Waals surface area contributed by atoms with Gasteiger partial charge in [-0.2, -0.15) is 0 Å². The SMILES string of the molecule is C/C(O)=C/C(N)=O.CC. The van der Waals surface area contributed by atoms with Gasteiger partial charge in [0.2, 0.25) is 5.91 Å². The maximum atomic E-state index is 9.80. The molecule has 0 aromatic heterocycles. The minimum Gasteiger partial charge on any atom is -0.512 e. The molecule has 0 rings (SSSR count). The Morgan fingerprint density at radius 1 is 1.56 bits per heavy atom. The number of aliphatic hydroxyl groups is 1. The average molecular weight is 131 g/mol. The predicted molar refractivity (Wildman–Crippen MR) is 36.9 cm³/mol. The van der Waals surface area contributed by atoms with Gasteiger partial charge in [-0.25, -0.2) is 0 Å². The van der Waals surface area contributed by atoms with Gasteiger partial charge in [0, 0.05) is 6.08 Å². The van der Waals surface area contributed by atoms with Crippen LogP contribution in [0.1, 0.15) is 20.8 Å². The molecule has 0 saturated heterocycles. The summed E-state index contributed by atoms with van der Waals surface area (Å²) in [7, 11) is 0. The summed E-state index contributed by atoms with van der Waals surface area (Å²) in [4.78, 5) is 9.80. The zero-order valence-corrected chi connectivity index (χ0v) is 6.01. The van der Waals surface area contributed by atoms with E-state index >= 15 is 0 Å². The number of hydrogen-bond acceptors (Lipinski definition) is 2. The summed E-state index contributed by atoms with van der Waals surface area (Å²) in [5, 5.41) is 8.28. The Balaban J connectivity index is 0. The van der Waals surface area contributed by atoms with E-state index in [0.29, 0.717) is 0 Å². The van der Waals surface area contributed by atoms with Crippen LogP contribution in [0.3, 0.4) is 0 Å². The van der Waals surface area contributed by atoms with Crippen LogP contribution in [0.5, 0.6) is 0 Å². The van der Waals surface area contributed by atoms with E-state index in [9.17, 15) is 4.79 Å². The monoisotopic (exact) mass is 131 g/mol. The number of carbonyl (C=O) groups is 1. The van der Waals surface area contributed by atoms with Crippen LogP contribution >= 0.6 is 0 Å². The third-order valence-electron chi connectivity index (χ3n) is 0.351. The summed E-state index contributed by atoms with van der Waals surface area (Å²) in [5.74, 6) is -0.687. The fourth-order valence-electron chi connectivity index (χ4n) is 0.206. The summed E-state index contributed by atoms with van der Waals surface area (Å²) in [6.07, 6.45) is 0.944. The Hall–Kier alpha value is -0.990. The molecule has 0 aromatic rings. The van der Waals surface area contributed by atoms with Gasteiger partial charge in [-0.15, -0.1) is 0 Å². The lowest BCUT2D eigenvalue weighted by Gasteiger charge is -1.80. The molecule has 0 aliphatic carbocycles. The molecule has 0 aromatic carbocycles. The van der Waals surface area contributed by atoms with E-state index in [2.05, 4.69) is 5.73 Å². The van der Waals surface area contributed by atoms with Crippen LogP contribution in [-0.4, -0.2) is 11.0 Å². The number of rotatable bonds is 1. The summed E-state index contributed by atoms with van der Waals surface area (Å²) >= 11 is 0. The minimum atomic E-state index is -0.625. The van der Waals surface area contributed by atoms with Crippen LogP contribution in [0.15, 0.2) is 11.8 Å². The number of aliphatic hydroxyl groups excluding tert-OH is 1. The van der Waals surface area contributed by atoms with Crippen LogP contribution in [0.2, 0.25) is 0 Å². The molecule has 0 spiro atoms. The number of carbonyl (C=O) groups excluding carboxylic acids is 1. The molecule has 0 bridgehead atoms. The van der Waals surface area contributed by atoms with Crippen molar-refractivity contribution >= 4 is 5.91 Å². The fraction of sp³-hybridized carbons (Fsp3) is 0.500. The van der Waals surface area contributed by atoms with Crippen molar-refractivity contribution in [2.45, 2.75) is 20.8 Å². The largest absolute Gasteiger partial charge is 0.512 e. The van der Waals surface area contributed by atoms with Gasteiger partial charge in [0.05, 0.1) is 5.76 Å². The lowest BCUT2D eigenvalue weighted by molar-refractivity contribution is -0.113. The first-order valence-electron chi connectivity index (χ1n) is 2.79. The number of amides is 1. The third kappa shape index (κ3) is 19.4. The van der Waals surface area contributed by atoms with Crippen LogP contribution in [0.4, 0.5) is 0 Å². The van der Waals surface area contributed by atoms with Gasteiger partial charge < -0.3 is 10.8 Å². The standard InChI is InChI=1S/C4H7NO2.C2H6/c1-3(6)2-4(5)7;1-2/h2,6H,1H3,(H2,5,7);1-2H3/b3-2-;. The molecule has 3 heteroatoms. The van der Waals surface area contributed by atoms with Crippen LogP contribution < -0.4 is 5.73 Å². The second kappa shape index (κ2) is 7.01. The molecule has 0 unspecified atom stereocenters. The zero-order valence-electron chi connectivity index (χ0n) is 6.01. The van der Waals surface area contributed by atoms with Crippen molar-refractivity contribution in [2.24, 2.45) is 5.73 Å². The molecule has 54 valence electrons. The van der Waals surface area contributed by atoms with Crippen molar-refractivity contribution in [3.05, 3.63) is 11.8 Å². The van der Waals surface area contributed by atoms with Gasteiger partial charge in [0.15, 0.2) is 0 Å². The van der Waals surface area contributed by atoms with Crippen molar-refractivity contribution in [2.75, 3.05) is 0 Å². The molecule has 9 heavy (non-hydrogen) atoms. The topological polar surface area (TPSA) is 63.3 Å². The first kappa shape index (κ1) is 10.9. The van der Waals surface area contributed by atoms with E-state index in [1.807, 2.05) is 13.8 Å². The second-order valence-electron chi connectivity index (χ2n) is 1.19. The molecule has 3 N–H and O–H groups in total. The van der Waals surface area contributed by atoms with Gasteiger partial charge in [-0.05, 0) is 6.92 Å². The van der Waals surface area contributed by atoms with Crippen molar-refractivity contribution in [1.82, 2.24) is 0 Å². The number of primary amides is 1. The molecule has 0 heterocycles. The molecular weight excluding hydrogens is 118 g/mol. The highest BCUT2D eigenvalue weighted by Crippen LogP contribution is 1.79. The van der Waals surface area contributed by atoms with E-state index in [1.165, 1.54) is 6.92 Å². The number of nitrogens with two attached hydrogens (primary N) is 1. The maximum absolute atomic E-state index is 9.80. The molecule has 0 aliphatic rings. The Kier molecular flexibility index (Phi) is 8.49. The quantitative estimate of drug-likeness (QED) is 0.411. The molecule has 0 radical (unpaired) electrons. The third-order valence-corrected chi connectivity index (χ3v) is 0.351. The molecule has 0 fully saturated rings. The molecule has 0 saturated carbocycles. The predicted octanol–water partition coefficient (Wildman–Crippen LogP) is 0.960. The fourth-order valence-corrected chi connectivity index (χ4v) is 0.206. The molecule has 0 atom stereocenters. The first-order valence-corrected chi connectivity index (χ1v) is 2.79. The van der Waals surface area contributed by atoms with E-state index in [-0.39, 0.29) is 5.76 Å². The highest BCUT2D eigenvalue weighted by atomic mass is 16.3. The maximum Gasteiger partial charge on any atom is 0.244 e. The van der Waals surface area contributed by atoms with Gasteiger partial charge >= 0.3 is 0 Å². The van der Waals surface area contributed by atoms with E-state index in [4.69, 9.17) is 5.11 Å². The van der Waals surface area contributed by atoms with Gasteiger partial charge in [-0.1, -0.05) is 13.8 Å². The van der Waals surface area contributed by atoms with Crippen molar-refractivity contribution in [1.29, 1.82) is 0 Å². The Labute approximate surface area is 55.2 Å². The molecule has 3 nitrogen and oxygen atoms in total. The number of hydrogen-bond donors (Lipinski definition) is 2. The molecule has 1 amide bonds. The van der Waals surface area contributed by atoms with Crippen molar-refractivity contribution in [3.63, 3.8) is 0 Å². The van der Waals surface area contributed by atoms with E-state index < -0.39 is 5.91 Å². The first-order chi connectivity index (χ1) is 4.13. The highest BCUT2D eigenvalue weighted by molar-refractivity contribution is 5.85. The lowest BCUT2D eigenvalue weighted by Crippen LogP contribution is -2.06. The number of allylic oxidation sites excluding steroid dienone is 1.